The van der Waals surface area contributed by atoms with Gasteiger partial charge in [0, 0.05) is 36.6 Å². The molecule has 2 heterocycles. The van der Waals surface area contributed by atoms with E-state index in [0.29, 0.717) is 18.3 Å². The number of alkyl halides is 3. The van der Waals surface area contributed by atoms with Crippen LogP contribution < -0.4 is 15.5 Å². The third-order valence-electron chi connectivity index (χ3n) is 5.58. The van der Waals surface area contributed by atoms with Crippen LogP contribution in [0, 0.1) is 0 Å². The van der Waals surface area contributed by atoms with Crippen LogP contribution >= 0.6 is 0 Å². The van der Waals surface area contributed by atoms with E-state index in [2.05, 4.69) is 20.6 Å². The fourth-order valence-corrected chi connectivity index (χ4v) is 3.46. The van der Waals surface area contributed by atoms with Gasteiger partial charge in [0.25, 0.3) is 0 Å². The van der Waals surface area contributed by atoms with Crippen molar-refractivity contribution in [1.29, 1.82) is 0 Å². The molecule has 0 saturated heterocycles. The van der Waals surface area contributed by atoms with E-state index in [-0.39, 0.29) is 18.5 Å². The molecule has 0 fully saturated rings. The van der Waals surface area contributed by atoms with Crippen molar-refractivity contribution in [3.63, 3.8) is 0 Å². The van der Waals surface area contributed by atoms with Crippen molar-refractivity contribution in [3.05, 3.63) is 41.6 Å². The number of rotatable bonds is 8. The summed E-state index contributed by atoms with van der Waals surface area (Å²) in [6.45, 7) is 8.03. The second kappa shape index (κ2) is 8.82. The number of anilines is 3. The minimum atomic E-state index is -4.15. The van der Waals surface area contributed by atoms with Crippen LogP contribution in [0.15, 0.2) is 30.5 Å². The SMILES string of the molecule is CC[C@H](C)N1C(=O)C(C)(C)c2cnc(Nc3ccc(CNCCC(F)(F)F)cc3)nc21. The van der Waals surface area contributed by atoms with Gasteiger partial charge in [-0.1, -0.05) is 19.1 Å². The molecule has 0 bridgehead atoms. The lowest BCUT2D eigenvalue weighted by Crippen LogP contribution is -2.41. The number of fused-ring (bicyclic) bond motifs is 1. The maximum atomic E-state index is 12.9. The average molecular weight is 435 g/mol. The van der Waals surface area contributed by atoms with Gasteiger partial charge in [-0.2, -0.15) is 18.2 Å². The molecule has 3 rings (SSSR count). The van der Waals surface area contributed by atoms with E-state index in [1.807, 2.05) is 52.0 Å². The van der Waals surface area contributed by atoms with Crippen molar-refractivity contribution in [3.8, 4) is 0 Å². The van der Waals surface area contributed by atoms with Gasteiger partial charge in [-0.25, -0.2) is 4.98 Å². The van der Waals surface area contributed by atoms with Crippen molar-refractivity contribution < 1.29 is 18.0 Å². The standard InChI is InChI=1S/C22H28F3N5O/c1-5-14(2)30-18-17(21(3,4)19(30)31)13-27-20(29-18)28-16-8-6-15(7-9-16)12-26-11-10-22(23,24)25/h6-9,13-14,26H,5,10-12H2,1-4H3,(H,27,28,29)/t14-/m0/s1. The van der Waals surface area contributed by atoms with Crippen molar-refractivity contribution >= 4 is 23.4 Å². The van der Waals surface area contributed by atoms with E-state index in [1.54, 1.807) is 11.1 Å². The van der Waals surface area contributed by atoms with Crippen molar-refractivity contribution in [2.24, 2.45) is 0 Å². The second-order valence-corrected chi connectivity index (χ2v) is 8.35. The van der Waals surface area contributed by atoms with Crippen LogP contribution in [0.25, 0.3) is 0 Å². The largest absolute Gasteiger partial charge is 0.390 e. The highest BCUT2D eigenvalue weighted by Crippen LogP contribution is 2.41. The van der Waals surface area contributed by atoms with Gasteiger partial charge in [-0.05, 0) is 44.9 Å². The Bertz CT molecular complexity index is 928. The van der Waals surface area contributed by atoms with Gasteiger partial charge in [0.1, 0.15) is 5.82 Å². The van der Waals surface area contributed by atoms with E-state index in [4.69, 9.17) is 0 Å². The molecule has 0 unspecified atom stereocenters. The summed E-state index contributed by atoms with van der Waals surface area (Å²) in [5, 5.41) is 5.92. The van der Waals surface area contributed by atoms with E-state index in [0.717, 1.165) is 23.2 Å². The Kier molecular flexibility index (Phi) is 6.54. The summed E-state index contributed by atoms with van der Waals surface area (Å²) in [7, 11) is 0. The first-order chi connectivity index (χ1) is 14.5. The van der Waals surface area contributed by atoms with Crippen LogP contribution in [0.2, 0.25) is 0 Å². The highest BCUT2D eigenvalue weighted by molar-refractivity contribution is 6.07. The van der Waals surface area contributed by atoms with E-state index < -0.39 is 18.0 Å². The van der Waals surface area contributed by atoms with Gasteiger partial charge in [-0.3, -0.25) is 9.69 Å². The molecule has 1 amide bonds. The molecule has 9 heteroatoms. The second-order valence-electron chi connectivity index (χ2n) is 8.35. The zero-order valence-electron chi connectivity index (χ0n) is 18.2. The fraction of sp³-hybridized carbons (Fsp3) is 0.500. The molecule has 1 aliphatic rings. The van der Waals surface area contributed by atoms with E-state index in [1.165, 1.54) is 0 Å². The Morgan fingerprint density at radius 3 is 2.48 bits per heavy atom. The highest BCUT2D eigenvalue weighted by Gasteiger charge is 2.46. The van der Waals surface area contributed by atoms with Crippen LogP contribution in [-0.4, -0.2) is 34.6 Å². The predicted octanol–water partition coefficient (Wildman–Crippen LogP) is 4.68. The molecule has 2 aromatic rings. The first kappa shape index (κ1) is 23.0. The summed E-state index contributed by atoms with van der Waals surface area (Å²) in [4.78, 5) is 23.7. The third-order valence-corrected chi connectivity index (χ3v) is 5.58. The molecular weight excluding hydrogens is 407 g/mol. The number of halogens is 3. The summed E-state index contributed by atoms with van der Waals surface area (Å²) in [6, 6.07) is 7.32. The number of nitrogens with one attached hydrogen (secondary N) is 2. The topological polar surface area (TPSA) is 70.2 Å². The summed E-state index contributed by atoms with van der Waals surface area (Å²) < 4.78 is 36.6. The number of hydrogen-bond acceptors (Lipinski definition) is 5. The average Bonchev–Trinajstić information content (AvgIpc) is 2.90. The monoisotopic (exact) mass is 435 g/mol. The van der Waals surface area contributed by atoms with Gasteiger partial charge in [-0.15, -0.1) is 0 Å². The van der Waals surface area contributed by atoms with Crippen LogP contribution in [0.4, 0.5) is 30.6 Å². The molecule has 6 nitrogen and oxygen atoms in total. The van der Waals surface area contributed by atoms with Gasteiger partial charge >= 0.3 is 6.18 Å². The van der Waals surface area contributed by atoms with Crippen LogP contribution in [0.3, 0.4) is 0 Å². The zero-order valence-corrected chi connectivity index (χ0v) is 18.2. The Morgan fingerprint density at radius 2 is 1.87 bits per heavy atom. The number of benzene rings is 1. The van der Waals surface area contributed by atoms with Crippen molar-refractivity contribution in [2.45, 2.75) is 64.7 Å². The normalized spacial score (nSPS) is 16.4. The Hall–Kier alpha value is -2.68. The molecule has 0 saturated carbocycles. The Morgan fingerprint density at radius 1 is 1.19 bits per heavy atom. The molecule has 0 spiro atoms. The van der Waals surface area contributed by atoms with Crippen LogP contribution in [-0.2, 0) is 16.8 Å². The number of carbonyl (C=O) groups excluding carboxylic acids is 1. The van der Waals surface area contributed by atoms with E-state index in [9.17, 15) is 18.0 Å². The maximum Gasteiger partial charge on any atom is 0.390 e. The predicted molar refractivity (Wildman–Crippen MR) is 114 cm³/mol. The quantitative estimate of drug-likeness (QED) is 0.589. The van der Waals surface area contributed by atoms with Gasteiger partial charge < -0.3 is 10.6 Å². The highest BCUT2D eigenvalue weighted by atomic mass is 19.4. The minimum Gasteiger partial charge on any atom is -0.324 e. The molecular formula is C22H28F3N5O. The van der Waals surface area contributed by atoms with Crippen molar-refractivity contribution in [1.82, 2.24) is 15.3 Å². The summed E-state index contributed by atoms with van der Waals surface area (Å²) in [5.41, 5.74) is 1.76. The smallest absolute Gasteiger partial charge is 0.324 e. The van der Waals surface area contributed by atoms with Gasteiger partial charge in [0.05, 0.1) is 11.8 Å². The summed E-state index contributed by atoms with van der Waals surface area (Å²) >= 11 is 0. The molecule has 1 aliphatic heterocycles. The van der Waals surface area contributed by atoms with Gasteiger partial charge in [0.2, 0.25) is 11.9 Å². The molecule has 2 N–H and O–H groups in total. The molecule has 1 atom stereocenters. The lowest BCUT2D eigenvalue weighted by molar-refractivity contribution is -0.133. The van der Waals surface area contributed by atoms with Crippen LogP contribution in [0.1, 0.15) is 51.7 Å². The zero-order chi connectivity index (χ0) is 22.8. The first-order valence-electron chi connectivity index (χ1n) is 10.4. The molecule has 0 aliphatic carbocycles. The van der Waals surface area contributed by atoms with E-state index >= 15 is 0 Å². The summed E-state index contributed by atoms with van der Waals surface area (Å²) in [6.07, 6.45) is -2.49. The lowest BCUT2D eigenvalue weighted by Gasteiger charge is -2.25. The molecule has 0 radical (unpaired) electrons. The number of carbonyl (C=O) groups is 1. The lowest BCUT2D eigenvalue weighted by atomic mass is 9.88. The van der Waals surface area contributed by atoms with Crippen molar-refractivity contribution in [2.75, 3.05) is 16.8 Å². The number of aromatic nitrogens is 2. The van der Waals surface area contributed by atoms with Crippen LogP contribution in [0.5, 0.6) is 0 Å². The third kappa shape index (κ3) is 5.15. The molecule has 168 valence electrons. The number of amides is 1. The Balaban J connectivity index is 1.69. The van der Waals surface area contributed by atoms with Gasteiger partial charge in [0.15, 0.2) is 0 Å². The molecule has 1 aromatic heterocycles. The minimum absolute atomic E-state index is 0.0191. The molecule has 1 aromatic carbocycles. The number of hydrogen-bond donors (Lipinski definition) is 2. The number of nitrogens with zero attached hydrogens (tertiary/aromatic N) is 3. The molecule has 31 heavy (non-hydrogen) atoms. The first-order valence-corrected chi connectivity index (χ1v) is 10.4. The Labute approximate surface area is 180 Å². The maximum absolute atomic E-state index is 12.9. The summed E-state index contributed by atoms with van der Waals surface area (Å²) in [5.74, 6) is 1.03. The fourth-order valence-electron chi connectivity index (χ4n) is 3.46.